The van der Waals surface area contributed by atoms with E-state index in [4.69, 9.17) is 9.47 Å². The molecule has 1 fully saturated rings. The van der Waals surface area contributed by atoms with Crippen LogP contribution in [0.15, 0.2) is 24.3 Å². The van der Waals surface area contributed by atoms with Gasteiger partial charge in [0.15, 0.2) is 0 Å². The maximum absolute atomic E-state index is 12.3. The Labute approximate surface area is 171 Å². The van der Waals surface area contributed by atoms with Gasteiger partial charge in [0.1, 0.15) is 18.9 Å². The van der Waals surface area contributed by atoms with Gasteiger partial charge in [-0.05, 0) is 44.2 Å². The zero-order valence-corrected chi connectivity index (χ0v) is 17.9. The topological polar surface area (TPSA) is 47.6 Å². The van der Waals surface area contributed by atoms with Crippen molar-refractivity contribution in [2.45, 2.75) is 65.2 Å². The Morgan fingerprint density at radius 3 is 2.46 bits per heavy atom. The van der Waals surface area contributed by atoms with Crippen molar-refractivity contribution in [2.24, 2.45) is 0 Å². The Bertz CT molecular complexity index is 571. The SMILES string of the molecule is CCCCCOc1ccccc1NC(=O)OCC[N+]1(CCCC)CCCCC1. The first kappa shape index (κ1) is 22.5. The van der Waals surface area contributed by atoms with Crippen molar-refractivity contribution in [1.29, 1.82) is 0 Å². The van der Waals surface area contributed by atoms with Gasteiger partial charge in [0, 0.05) is 0 Å². The van der Waals surface area contributed by atoms with Crippen LogP contribution >= 0.6 is 0 Å². The normalized spacial score (nSPS) is 15.8. The molecule has 1 N–H and O–H groups in total. The van der Waals surface area contributed by atoms with Crippen LogP contribution in [-0.2, 0) is 4.74 Å². The number of hydrogen-bond donors (Lipinski definition) is 1. The summed E-state index contributed by atoms with van der Waals surface area (Å²) in [6.45, 7) is 10.1. The zero-order valence-electron chi connectivity index (χ0n) is 17.9. The van der Waals surface area contributed by atoms with Gasteiger partial charge in [-0.3, -0.25) is 5.32 Å². The third kappa shape index (κ3) is 7.70. The average molecular weight is 392 g/mol. The van der Waals surface area contributed by atoms with Crippen molar-refractivity contribution < 1.29 is 18.8 Å². The summed E-state index contributed by atoms with van der Waals surface area (Å²) in [4.78, 5) is 12.3. The number of likely N-dealkylation sites (tertiary alicyclic amines) is 1. The number of nitrogens with one attached hydrogen (secondary N) is 1. The van der Waals surface area contributed by atoms with Crippen LogP contribution in [0.1, 0.15) is 65.2 Å². The predicted molar refractivity (Wildman–Crippen MR) is 115 cm³/mol. The van der Waals surface area contributed by atoms with E-state index in [2.05, 4.69) is 19.2 Å². The number of carbonyl (C=O) groups excluding carboxylic acids is 1. The first-order valence-corrected chi connectivity index (χ1v) is 11.2. The number of nitrogens with zero attached hydrogens (tertiary/aromatic N) is 1. The molecule has 1 aromatic rings. The van der Waals surface area contributed by atoms with Crippen LogP contribution in [0.25, 0.3) is 0 Å². The quantitative estimate of drug-likeness (QED) is 0.372. The second-order valence-corrected chi connectivity index (χ2v) is 7.96. The number of piperidine rings is 1. The predicted octanol–water partition coefficient (Wildman–Crippen LogP) is 5.60. The summed E-state index contributed by atoms with van der Waals surface area (Å²) >= 11 is 0. The Morgan fingerprint density at radius 2 is 1.71 bits per heavy atom. The first-order valence-electron chi connectivity index (χ1n) is 11.2. The van der Waals surface area contributed by atoms with Crippen molar-refractivity contribution in [3.63, 3.8) is 0 Å². The van der Waals surface area contributed by atoms with Gasteiger partial charge < -0.3 is 14.0 Å². The van der Waals surface area contributed by atoms with Crippen molar-refractivity contribution in [3.05, 3.63) is 24.3 Å². The van der Waals surface area contributed by atoms with Crippen LogP contribution in [0, 0.1) is 0 Å². The molecule has 1 heterocycles. The lowest BCUT2D eigenvalue weighted by Gasteiger charge is -2.41. The van der Waals surface area contributed by atoms with Gasteiger partial charge in [-0.15, -0.1) is 0 Å². The van der Waals surface area contributed by atoms with Gasteiger partial charge in [-0.2, -0.15) is 0 Å². The number of unbranched alkanes of at least 4 members (excludes halogenated alkanes) is 3. The number of ether oxygens (including phenoxy) is 2. The molecule has 0 spiro atoms. The lowest BCUT2D eigenvalue weighted by atomic mass is 10.1. The van der Waals surface area contributed by atoms with Crippen LogP contribution in [-0.4, -0.2) is 50.0 Å². The highest BCUT2D eigenvalue weighted by atomic mass is 16.5. The third-order valence-electron chi connectivity index (χ3n) is 5.68. The Morgan fingerprint density at radius 1 is 0.964 bits per heavy atom. The van der Waals surface area contributed by atoms with E-state index in [0.29, 0.717) is 24.7 Å². The van der Waals surface area contributed by atoms with Crippen molar-refractivity contribution in [3.8, 4) is 5.75 Å². The summed E-state index contributed by atoms with van der Waals surface area (Å²) in [5, 5.41) is 2.85. The second-order valence-electron chi connectivity index (χ2n) is 7.96. The Kier molecular flexibility index (Phi) is 10.2. The fraction of sp³-hybridized carbons (Fsp3) is 0.696. The van der Waals surface area contributed by atoms with Crippen LogP contribution in [0.5, 0.6) is 5.75 Å². The molecule has 28 heavy (non-hydrogen) atoms. The molecule has 0 saturated carbocycles. The molecule has 158 valence electrons. The average Bonchev–Trinajstić information content (AvgIpc) is 2.71. The molecule has 5 nitrogen and oxygen atoms in total. The monoisotopic (exact) mass is 391 g/mol. The number of amides is 1. The Hall–Kier alpha value is -1.75. The summed E-state index contributed by atoms with van der Waals surface area (Å²) in [5.74, 6) is 0.707. The van der Waals surface area contributed by atoms with Gasteiger partial charge >= 0.3 is 6.09 Å². The summed E-state index contributed by atoms with van der Waals surface area (Å²) < 4.78 is 12.5. The van der Waals surface area contributed by atoms with Crippen molar-refractivity contribution >= 4 is 11.8 Å². The smallest absolute Gasteiger partial charge is 0.411 e. The number of benzene rings is 1. The van der Waals surface area contributed by atoms with Crippen LogP contribution in [0.2, 0.25) is 0 Å². The van der Waals surface area contributed by atoms with Crippen LogP contribution < -0.4 is 10.1 Å². The fourth-order valence-corrected chi connectivity index (χ4v) is 3.94. The maximum atomic E-state index is 12.3. The molecule has 5 heteroatoms. The largest absolute Gasteiger partial charge is 0.491 e. The van der Waals surface area contributed by atoms with E-state index < -0.39 is 6.09 Å². The number of quaternary nitrogens is 1. The number of para-hydroxylation sites is 2. The van der Waals surface area contributed by atoms with Gasteiger partial charge in [-0.1, -0.05) is 45.2 Å². The highest BCUT2D eigenvalue weighted by Gasteiger charge is 2.29. The summed E-state index contributed by atoms with van der Waals surface area (Å²) in [6, 6.07) is 7.56. The molecular formula is C23H39N2O3+. The fourth-order valence-electron chi connectivity index (χ4n) is 3.94. The van der Waals surface area contributed by atoms with E-state index in [1.807, 2.05) is 24.3 Å². The van der Waals surface area contributed by atoms with Crippen LogP contribution in [0.4, 0.5) is 10.5 Å². The van der Waals surface area contributed by atoms with Crippen LogP contribution in [0.3, 0.4) is 0 Å². The number of anilines is 1. The number of hydrogen-bond acceptors (Lipinski definition) is 3. The molecule has 1 aliphatic heterocycles. The van der Waals surface area contributed by atoms with Gasteiger partial charge in [0.05, 0.1) is 31.9 Å². The second kappa shape index (κ2) is 12.7. The minimum atomic E-state index is -0.393. The zero-order chi connectivity index (χ0) is 20.1. The van der Waals surface area contributed by atoms with Gasteiger partial charge in [-0.25, -0.2) is 4.79 Å². The lowest BCUT2D eigenvalue weighted by Crippen LogP contribution is -2.53. The number of carbonyl (C=O) groups is 1. The standard InChI is InChI=1S/C23H38N2O3/c1-3-5-12-19-27-22-14-9-8-13-21(22)24-23(26)28-20-18-25(15-6-4-2)16-10-7-11-17-25/h8-9,13-14H,3-7,10-12,15-20H2,1-2H3/p+1. The third-order valence-corrected chi connectivity index (χ3v) is 5.68. The molecule has 0 aromatic heterocycles. The maximum Gasteiger partial charge on any atom is 0.411 e. The molecule has 1 amide bonds. The van der Waals surface area contributed by atoms with E-state index >= 15 is 0 Å². The van der Waals surface area contributed by atoms with E-state index in [9.17, 15) is 4.79 Å². The van der Waals surface area contributed by atoms with E-state index in [-0.39, 0.29) is 0 Å². The van der Waals surface area contributed by atoms with Gasteiger partial charge in [0.25, 0.3) is 0 Å². The first-order chi connectivity index (χ1) is 13.7. The van der Waals surface area contributed by atoms with E-state index in [1.54, 1.807) is 0 Å². The molecule has 1 aromatic carbocycles. The highest BCUT2D eigenvalue weighted by Crippen LogP contribution is 2.24. The molecule has 0 atom stereocenters. The molecule has 0 aliphatic carbocycles. The Balaban J connectivity index is 1.80. The molecule has 1 aliphatic rings. The van der Waals surface area contributed by atoms with E-state index in [1.165, 1.54) is 51.7 Å². The molecule has 0 radical (unpaired) electrons. The molecule has 1 saturated heterocycles. The van der Waals surface area contributed by atoms with Crippen molar-refractivity contribution in [2.75, 3.05) is 44.7 Å². The lowest BCUT2D eigenvalue weighted by molar-refractivity contribution is -0.932. The van der Waals surface area contributed by atoms with Gasteiger partial charge in [0.2, 0.25) is 0 Å². The van der Waals surface area contributed by atoms with E-state index in [0.717, 1.165) is 30.3 Å². The minimum absolute atomic E-state index is 0.393. The van der Waals surface area contributed by atoms with Crippen molar-refractivity contribution in [1.82, 2.24) is 0 Å². The highest BCUT2D eigenvalue weighted by molar-refractivity contribution is 5.86. The summed E-state index contributed by atoms with van der Waals surface area (Å²) in [6.07, 6.45) is 9.32. The molecular weight excluding hydrogens is 352 g/mol. The molecule has 2 rings (SSSR count). The molecule has 0 unspecified atom stereocenters. The molecule has 0 bridgehead atoms. The minimum Gasteiger partial charge on any atom is -0.491 e. The number of rotatable bonds is 12. The summed E-state index contributed by atoms with van der Waals surface area (Å²) in [5.41, 5.74) is 0.678. The summed E-state index contributed by atoms with van der Waals surface area (Å²) in [7, 11) is 0.